The number of nitrogens with zero attached hydrogens (tertiary/aromatic N) is 1. The summed E-state index contributed by atoms with van der Waals surface area (Å²) < 4.78 is 10.4. The van der Waals surface area contributed by atoms with Gasteiger partial charge in [-0.05, 0) is 12.8 Å². The highest BCUT2D eigenvalue weighted by Crippen LogP contribution is 2.20. The quantitative estimate of drug-likeness (QED) is 0.758. The molecule has 0 spiro atoms. The van der Waals surface area contributed by atoms with Crippen molar-refractivity contribution >= 4 is 12.0 Å². The molecule has 0 aliphatic carbocycles. The van der Waals surface area contributed by atoms with Crippen LogP contribution in [0.4, 0.5) is 4.79 Å². The predicted octanol–water partition coefficient (Wildman–Crippen LogP) is 0.0505. The van der Waals surface area contributed by atoms with E-state index < -0.39 is 11.5 Å². The Bertz CT molecular complexity index is 348. The van der Waals surface area contributed by atoms with Crippen molar-refractivity contribution in [3.63, 3.8) is 0 Å². The maximum atomic E-state index is 12.2. The third kappa shape index (κ3) is 2.98. The lowest BCUT2D eigenvalue weighted by molar-refractivity contribution is -0.144. The smallest absolute Gasteiger partial charge is 0.332 e. The first kappa shape index (κ1) is 14.1. The molecule has 2 heterocycles. The molecule has 108 valence electrons. The molecule has 0 radical (unpaired) electrons. The van der Waals surface area contributed by atoms with E-state index in [0.717, 1.165) is 12.8 Å². The molecule has 2 saturated heterocycles. The number of carbonyl (C=O) groups excluding carboxylic acids is 1. The molecule has 2 aliphatic heterocycles. The second-order valence-electron chi connectivity index (χ2n) is 5.07. The minimum atomic E-state index is -1.28. The Hall–Kier alpha value is -1.34. The van der Waals surface area contributed by atoms with Crippen molar-refractivity contribution in [1.82, 2.24) is 10.2 Å². The van der Waals surface area contributed by atoms with Crippen LogP contribution in [-0.2, 0) is 14.3 Å². The summed E-state index contributed by atoms with van der Waals surface area (Å²) in [6, 6.07) is -0.262. The molecular weight excluding hydrogens is 252 g/mol. The number of carboxylic acid groups (broad SMARTS) is 1. The Kier molecular flexibility index (Phi) is 4.26. The molecule has 1 atom stereocenters. The second kappa shape index (κ2) is 5.75. The van der Waals surface area contributed by atoms with Crippen LogP contribution in [-0.4, -0.2) is 67.1 Å². The number of ether oxygens (including phenoxy) is 2. The van der Waals surface area contributed by atoms with Crippen LogP contribution in [0.15, 0.2) is 0 Å². The number of urea groups is 1. The third-order valence-corrected chi connectivity index (χ3v) is 3.84. The van der Waals surface area contributed by atoms with Gasteiger partial charge in [-0.2, -0.15) is 0 Å². The van der Waals surface area contributed by atoms with Crippen LogP contribution in [0.2, 0.25) is 0 Å². The van der Waals surface area contributed by atoms with Gasteiger partial charge in [0.2, 0.25) is 0 Å². The number of hydrogen-bond acceptors (Lipinski definition) is 4. The average Bonchev–Trinajstić information content (AvgIpc) is 2.88. The van der Waals surface area contributed by atoms with Gasteiger partial charge in [0.05, 0.1) is 6.61 Å². The minimum Gasteiger partial charge on any atom is -0.479 e. The highest BCUT2D eigenvalue weighted by atomic mass is 16.5. The first-order valence-corrected chi connectivity index (χ1v) is 6.49. The molecular formula is C12H20N2O5. The zero-order chi connectivity index (χ0) is 13.9. The van der Waals surface area contributed by atoms with Gasteiger partial charge in [-0.1, -0.05) is 0 Å². The van der Waals surface area contributed by atoms with E-state index in [1.54, 1.807) is 11.9 Å². The zero-order valence-electron chi connectivity index (χ0n) is 11.1. The Morgan fingerprint density at radius 3 is 2.47 bits per heavy atom. The summed E-state index contributed by atoms with van der Waals surface area (Å²) in [6.07, 6.45) is 1.86. The summed E-state index contributed by atoms with van der Waals surface area (Å²) in [4.78, 5) is 25.1. The fraction of sp³-hybridized carbons (Fsp3) is 0.833. The normalized spacial score (nSPS) is 28.1. The summed E-state index contributed by atoms with van der Waals surface area (Å²) in [5.41, 5.74) is -1.28. The summed E-state index contributed by atoms with van der Waals surface area (Å²) in [5, 5.41) is 11.9. The number of hydrogen-bond donors (Lipinski definition) is 2. The molecule has 2 rings (SSSR count). The van der Waals surface area contributed by atoms with Crippen molar-refractivity contribution in [1.29, 1.82) is 0 Å². The first-order valence-electron chi connectivity index (χ1n) is 6.49. The second-order valence-corrected chi connectivity index (χ2v) is 5.07. The molecule has 0 saturated carbocycles. The molecule has 0 aromatic rings. The van der Waals surface area contributed by atoms with Crippen molar-refractivity contribution in [3.8, 4) is 0 Å². The average molecular weight is 272 g/mol. The van der Waals surface area contributed by atoms with Gasteiger partial charge in [0, 0.05) is 39.3 Å². The van der Waals surface area contributed by atoms with Gasteiger partial charge in [0.25, 0.3) is 0 Å². The van der Waals surface area contributed by atoms with Crippen LogP contribution in [0.1, 0.15) is 19.3 Å². The molecule has 2 amide bonds. The molecule has 7 heteroatoms. The van der Waals surface area contributed by atoms with Gasteiger partial charge >= 0.3 is 12.0 Å². The maximum absolute atomic E-state index is 12.2. The Labute approximate surface area is 111 Å². The molecule has 2 aliphatic rings. The molecule has 7 nitrogen and oxygen atoms in total. The van der Waals surface area contributed by atoms with Crippen molar-refractivity contribution in [2.45, 2.75) is 30.8 Å². The number of nitrogens with one attached hydrogen (secondary N) is 1. The highest BCUT2D eigenvalue weighted by molar-refractivity contribution is 5.86. The summed E-state index contributed by atoms with van der Waals surface area (Å²) >= 11 is 0. The molecule has 0 bridgehead atoms. The van der Waals surface area contributed by atoms with Gasteiger partial charge in [-0.3, -0.25) is 0 Å². The van der Waals surface area contributed by atoms with E-state index >= 15 is 0 Å². The maximum Gasteiger partial charge on any atom is 0.332 e. The molecule has 1 unspecified atom stereocenters. The zero-order valence-corrected chi connectivity index (χ0v) is 11.1. The molecule has 19 heavy (non-hydrogen) atoms. The fourth-order valence-electron chi connectivity index (χ4n) is 2.42. The predicted molar refractivity (Wildman–Crippen MR) is 65.9 cm³/mol. The highest BCUT2D eigenvalue weighted by Gasteiger charge is 2.44. The number of rotatable bonds is 3. The number of carbonyl (C=O) groups is 2. The largest absolute Gasteiger partial charge is 0.479 e. The molecule has 2 N–H and O–H groups in total. The summed E-state index contributed by atoms with van der Waals surface area (Å²) in [7, 11) is 1.69. The Balaban J connectivity index is 1.97. The molecule has 0 aromatic heterocycles. The van der Waals surface area contributed by atoms with Crippen LogP contribution in [0, 0.1) is 0 Å². The fourth-order valence-corrected chi connectivity index (χ4v) is 2.42. The van der Waals surface area contributed by atoms with Crippen molar-refractivity contribution < 1.29 is 24.2 Å². The van der Waals surface area contributed by atoms with E-state index in [1.165, 1.54) is 0 Å². The first-order chi connectivity index (χ1) is 9.05. The van der Waals surface area contributed by atoms with Crippen molar-refractivity contribution in [2.24, 2.45) is 0 Å². The molecule has 2 fully saturated rings. The van der Waals surface area contributed by atoms with E-state index in [2.05, 4.69) is 5.32 Å². The van der Waals surface area contributed by atoms with E-state index in [4.69, 9.17) is 9.47 Å². The summed E-state index contributed by atoms with van der Waals surface area (Å²) in [5.74, 6) is -1.04. The lowest BCUT2D eigenvalue weighted by Crippen LogP contribution is -2.59. The van der Waals surface area contributed by atoms with Crippen molar-refractivity contribution in [2.75, 3.05) is 33.5 Å². The molecule has 0 aromatic carbocycles. The van der Waals surface area contributed by atoms with Crippen LogP contribution < -0.4 is 5.32 Å². The van der Waals surface area contributed by atoms with Crippen LogP contribution in [0.3, 0.4) is 0 Å². The third-order valence-electron chi connectivity index (χ3n) is 3.84. The Morgan fingerprint density at radius 2 is 1.95 bits per heavy atom. The van der Waals surface area contributed by atoms with Gasteiger partial charge in [-0.25, -0.2) is 9.59 Å². The van der Waals surface area contributed by atoms with Gasteiger partial charge in [0.1, 0.15) is 0 Å². The van der Waals surface area contributed by atoms with E-state index in [9.17, 15) is 14.7 Å². The topological polar surface area (TPSA) is 88.1 Å². The summed E-state index contributed by atoms with van der Waals surface area (Å²) in [6.45, 7) is 1.65. The number of carboxylic acids is 1. The van der Waals surface area contributed by atoms with Gasteiger partial charge in [0.15, 0.2) is 5.54 Å². The van der Waals surface area contributed by atoms with E-state index in [0.29, 0.717) is 26.2 Å². The van der Waals surface area contributed by atoms with Gasteiger partial charge in [-0.15, -0.1) is 0 Å². The Morgan fingerprint density at radius 1 is 1.26 bits per heavy atom. The van der Waals surface area contributed by atoms with Gasteiger partial charge < -0.3 is 24.8 Å². The lowest BCUT2D eigenvalue weighted by Gasteiger charge is -2.34. The van der Waals surface area contributed by atoms with E-state index in [1.807, 2.05) is 0 Å². The van der Waals surface area contributed by atoms with E-state index in [-0.39, 0.29) is 18.7 Å². The van der Waals surface area contributed by atoms with Crippen molar-refractivity contribution in [3.05, 3.63) is 0 Å². The van der Waals surface area contributed by atoms with Crippen LogP contribution >= 0.6 is 0 Å². The SMILES string of the molecule is CN(C(=O)NC1(C(=O)O)CCOC1)C1CCOCC1. The van der Waals surface area contributed by atoms with Crippen LogP contribution in [0.5, 0.6) is 0 Å². The minimum absolute atomic E-state index is 0.0235. The van der Waals surface area contributed by atoms with Crippen LogP contribution in [0.25, 0.3) is 0 Å². The standard InChI is InChI=1S/C12H20N2O5/c1-14(9-2-5-18-6-3-9)11(17)13-12(10(15)16)4-7-19-8-12/h9H,2-8H2,1H3,(H,13,17)(H,15,16). The lowest BCUT2D eigenvalue weighted by atomic mass is 9.99. The number of aliphatic carboxylic acids is 1. The number of amides is 2. The monoisotopic (exact) mass is 272 g/mol.